The van der Waals surface area contributed by atoms with Crippen LogP contribution in [-0.2, 0) is 0 Å². The summed E-state index contributed by atoms with van der Waals surface area (Å²) in [6.45, 7) is 2.05. The van der Waals surface area contributed by atoms with Gasteiger partial charge < -0.3 is 9.15 Å². The third-order valence-electron chi connectivity index (χ3n) is 4.53. The molecule has 0 saturated heterocycles. The summed E-state index contributed by atoms with van der Waals surface area (Å²) in [6.07, 6.45) is 0. The molecule has 0 aliphatic carbocycles. The predicted molar refractivity (Wildman–Crippen MR) is 105 cm³/mol. The van der Waals surface area contributed by atoms with E-state index in [1.807, 2.05) is 67.6 Å². The van der Waals surface area contributed by atoms with Crippen molar-refractivity contribution in [3.63, 3.8) is 0 Å². The monoisotopic (exact) mass is 342 g/mol. The lowest BCUT2D eigenvalue weighted by atomic mass is 9.92. The van der Waals surface area contributed by atoms with E-state index in [4.69, 9.17) is 9.15 Å². The van der Waals surface area contributed by atoms with Gasteiger partial charge in [0.15, 0.2) is 0 Å². The average molecular weight is 342 g/mol. The number of para-hydroxylation sites is 1. The van der Waals surface area contributed by atoms with Gasteiger partial charge in [0.1, 0.15) is 11.3 Å². The van der Waals surface area contributed by atoms with Crippen LogP contribution in [0.4, 0.5) is 0 Å². The number of fused-ring (bicyclic) bond motifs is 1. The van der Waals surface area contributed by atoms with Gasteiger partial charge >= 0.3 is 5.63 Å². The normalized spacial score (nSPS) is 10.8. The molecule has 128 valence electrons. The minimum atomic E-state index is -0.343. The van der Waals surface area contributed by atoms with E-state index in [0.717, 1.165) is 27.8 Å². The highest BCUT2D eigenvalue weighted by atomic mass is 16.5. The second kappa shape index (κ2) is 6.52. The highest BCUT2D eigenvalue weighted by molar-refractivity contribution is 6.01. The first-order valence-corrected chi connectivity index (χ1v) is 8.44. The number of rotatable bonds is 3. The van der Waals surface area contributed by atoms with Crippen molar-refractivity contribution in [2.75, 3.05) is 7.11 Å². The summed E-state index contributed by atoms with van der Waals surface area (Å²) in [7, 11) is 1.62. The van der Waals surface area contributed by atoms with Crippen LogP contribution in [0.2, 0.25) is 0 Å². The van der Waals surface area contributed by atoms with Crippen molar-refractivity contribution >= 4 is 11.0 Å². The third-order valence-corrected chi connectivity index (χ3v) is 4.53. The first-order chi connectivity index (χ1) is 12.7. The van der Waals surface area contributed by atoms with Crippen LogP contribution < -0.4 is 10.4 Å². The zero-order valence-corrected chi connectivity index (χ0v) is 14.7. The molecule has 4 aromatic rings. The molecule has 26 heavy (non-hydrogen) atoms. The summed E-state index contributed by atoms with van der Waals surface area (Å²) in [5, 5.41) is 0.918. The van der Waals surface area contributed by atoms with Gasteiger partial charge in [-0.15, -0.1) is 0 Å². The topological polar surface area (TPSA) is 39.4 Å². The van der Waals surface area contributed by atoms with E-state index < -0.39 is 0 Å². The number of hydrogen-bond donors (Lipinski definition) is 0. The van der Waals surface area contributed by atoms with E-state index in [2.05, 4.69) is 12.1 Å². The lowest BCUT2D eigenvalue weighted by Gasteiger charge is -2.13. The highest BCUT2D eigenvalue weighted by Crippen LogP contribution is 2.36. The minimum Gasteiger partial charge on any atom is -0.497 e. The van der Waals surface area contributed by atoms with E-state index in [-0.39, 0.29) is 5.63 Å². The summed E-state index contributed by atoms with van der Waals surface area (Å²) in [6, 6.07) is 23.3. The molecule has 0 spiro atoms. The molecular weight excluding hydrogens is 324 g/mol. The summed E-state index contributed by atoms with van der Waals surface area (Å²) < 4.78 is 10.8. The standard InChI is InChI=1S/C23H18O3/c1-15-7-9-16(10-8-15)21-19-5-3-4-6-20(19)26-23(24)22(21)17-11-13-18(25-2)14-12-17/h3-14H,1-2H3. The molecule has 0 N–H and O–H groups in total. The van der Waals surface area contributed by atoms with Gasteiger partial charge in [0, 0.05) is 10.9 Å². The fourth-order valence-corrected chi connectivity index (χ4v) is 3.19. The van der Waals surface area contributed by atoms with Gasteiger partial charge in [-0.05, 0) is 36.2 Å². The number of hydrogen-bond acceptors (Lipinski definition) is 3. The first-order valence-electron chi connectivity index (χ1n) is 8.44. The molecule has 0 bridgehead atoms. The van der Waals surface area contributed by atoms with Gasteiger partial charge in [-0.1, -0.05) is 60.2 Å². The Labute approximate surface area is 151 Å². The summed E-state index contributed by atoms with van der Waals surface area (Å²) in [4.78, 5) is 12.9. The van der Waals surface area contributed by atoms with Gasteiger partial charge in [-0.2, -0.15) is 0 Å². The molecule has 3 aromatic carbocycles. The molecule has 0 atom stereocenters. The van der Waals surface area contributed by atoms with Gasteiger partial charge in [0.2, 0.25) is 0 Å². The van der Waals surface area contributed by atoms with Crippen molar-refractivity contribution < 1.29 is 9.15 Å². The van der Waals surface area contributed by atoms with Gasteiger partial charge in [0.05, 0.1) is 12.7 Å². The molecule has 1 heterocycles. The quantitative estimate of drug-likeness (QED) is 0.465. The second-order valence-electron chi connectivity index (χ2n) is 6.23. The fraction of sp³-hybridized carbons (Fsp3) is 0.0870. The third kappa shape index (κ3) is 2.78. The maximum Gasteiger partial charge on any atom is 0.344 e. The van der Waals surface area contributed by atoms with Crippen LogP contribution in [-0.4, -0.2) is 7.11 Å². The lowest BCUT2D eigenvalue weighted by molar-refractivity contribution is 0.415. The van der Waals surface area contributed by atoms with Crippen molar-refractivity contribution in [3.05, 3.63) is 88.8 Å². The van der Waals surface area contributed by atoms with Crippen molar-refractivity contribution in [1.29, 1.82) is 0 Å². The SMILES string of the molecule is COc1ccc(-c2c(-c3ccc(C)cc3)c3ccccc3oc2=O)cc1. The van der Waals surface area contributed by atoms with E-state index >= 15 is 0 Å². The summed E-state index contributed by atoms with van der Waals surface area (Å²) in [5.41, 5.74) is 4.67. The lowest BCUT2D eigenvalue weighted by Crippen LogP contribution is -2.06. The average Bonchev–Trinajstić information content (AvgIpc) is 2.68. The van der Waals surface area contributed by atoms with Gasteiger partial charge in [-0.3, -0.25) is 0 Å². The smallest absolute Gasteiger partial charge is 0.344 e. The Morgan fingerprint density at radius 2 is 1.38 bits per heavy atom. The van der Waals surface area contributed by atoms with Crippen molar-refractivity contribution in [1.82, 2.24) is 0 Å². The van der Waals surface area contributed by atoms with E-state index in [9.17, 15) is 4.79 Å². The van der Waals surface area contributed by atoms with Crippen LogP contribution in [0.3, 0.4) is 0 Å². The van der Waals surface area contributed by atoms with Crippen LogP contribution in [0.1, 0.15) is 5.56 Å². The maximum absolute atomic E-state index is 12.9. The molecule has 0 aliphatic heterocycles. The number of aryl methyl sites for hydroxylation is 1. The molecular formula is C23H18O3. The largest absolute Gasteiger partial charge is 0.497 e. The molecule has 0 saturated carbocycles. The van der Waals surface area contributed by atoms with E-state index in [0.29, 0.717) is 11.1 Å². The molecule has 3 heteroatoms. The minimum absolute atomic E-state index is 0.343. The van der Waals surface area contributed by atoms with Crippen LogP contribution in [0.25, 0.3) is 33.2 Å². The van der Waals surface area contributed by atoms with Crippen molar-refractivity contribution in [2.45, 2.75) is 6.92 Å². The van der Waals surface area contributed by atoms with Gasteiger partial charge in [0.25, 0.3) is 0 Å². The van der Waals surface area contributed by atoms with Crippen LogP contribution in [0, 0.1) is 6.92 Å². The zero-order chi connectivity index (χ0) is 18.1. The Morgan fingerprint density at radius 3 is 2.08 bits per heavy atom. The second-order valence-corrected chi connectivity index (χ2v) is 6.23. The molecule has 0 radical (unpaired) electrons. The first kappa shape index (κ1) is 16.2. The van der Waals surface area contributed by atoms with Crippen LogP contribution in [0.5, 0.6) is 5.75 Å². The molecule has 0 fully saturated rings. The molecule has 0 amide bonds. The Morgan fingerprint density at radius 1 is 0.769 bits per heavy atom. The maximum atomic E-state index is 12.9. The highest BCUT2D eigenvalue weighted by Gasteiger charge is 2.17. The Hall–Kier alpha value is -3.33. The molecule has 4 rings (SSSR count). The number of ether oxygens (including phenoxy) is 1. The van der Waals surface area contributed by atoms with Gasteiger partial charge in [-0.25, -0.2) is 4.79 Å². The fourth-order valence-electron chi connectivity index (χ4n) is 3.19. The van der Waals surface area contributed by atoms with Crippen LogP contribution >= 0.6 is 0 Å². The van der Waals surface area contributed by atoms with E-state index in [1.54, 1.807) is 7.11 Å². The Balaban J connectivity index is 2.08. The van der Waals surface area contributed by atoms with Crippen molar-refractivity contribution in [3.8, 4) is 28.0 Å². The van der Waals surface area contributed by atoms with E-state index in [1.165, 1.54) is 5.56 Å². The number of benzene rings is 3. The van der Waals surface area contributed by atoms with Crippen LogP contribution in [0.15, 0.2) is 82.0 Å². The van der Waals surface area contributed by atoms with Crippen molar-refractivity contribution in [2.24, 2.45) is 0 Å². The molecule has 0 aliphatic rings. The number of methoxy groups -OCH3 is 1. The Kier molecular flexibility index (Phi) is 4.05. The zero-order valence-electron chi connectivity index (χ0n) is 14.7. The molecule has 0 unspecified atom stereocenters. The molecule has 3 nitrogen and oxygen atoms in total. The predicted octanol–water partition coefficient (Wildman–Crippen LogP) is 5.44. The summed E-state index contributed by atoms with van der Waals surface area (Å²) in [5.74, 6) is 0.746. The Bertz CT molecular complexity index is 1120. The molecule has 1 aromatic heterocycles. The summed E-state index contributed by atoms with van der Waals surface area (Å²) >= 11 is 0.